The Morgan fingerprint density at radius 3 is 1.93 bits per heavy atom. The van der Waals surface area contributed by atoms with Gasteiger partial charge in [0.1, 0.15) is 12.1 Å². The number of nitrogens with one attached hydrogen (secondary N) is 2. The molecule has 28 heavy (non-hydrogen) atoms. The van der Waals surface area contributed by atoms with Gasteiger partial charge in [-0.1, -0.05) is 54.6 Å². The van der Waals surface area contributed by atoms with Crippen LogP contribution in [-0.2, 0) is 22.4 Å². The number of rotatable bonds is 11. The highest BCUT2D eigenvalue weighted by Gasteiger charge is 2.24. The van der Waals surface area contributed by atoms with Crippen molar-refractivity contribution in [2.45, 2.75) is 24.9 Å². The van der Waals surface area contributed by atoms with Crippen molar-refractivity contribution in [3.8, 4) is 0 Å². The Morgan fingerprint density at radius 1 is 0.821 bits per heavy atom. The maximum absolute atomic E-state index is 12.0. The van der Waals surface area contributed by atoms with Crippen molar-refractivity contribution >= 4 is 30.4 Å². The number of hydrazine groups is 1. The number of carboxylic acid groups (broad SMARTS) is 2. The first-order valence-corrected chi connectivity index (χ1v) is 9.28. The van der Waals surface area contributed by atoms with E-state index in [1.165, 1.54) is 0 Å². The van der Waals surface area contributed by atoms with Crippen LogP contribution in [0, 0.1) is 0 Å². The number of carboxylic acids is 2. The van der Waals surface area contributed by atoms with Crippen molar-refractivity contribution in [2.75, 3.05) is 5.75 Å². The molecule has 0 amide bonds. The summed E-state index contributed by atoms with van der Waals surface area (Å²) in [6.45, 7) is 0. The number of thiol groups is 1. The minimum absolute atomic E-state index is 0.00962. The van der Waals surface area contributed by atoms with Crippen LogP contribution in [0.1, 0.15) is 21.5 Å². The van der Waals surface area contributed by atoms with E-state index in [2.05, 4.69) is 23.5 Å². The number of benzene rings is 2. The fraction of sp³-hybridized carbons (Fsp3) is 0.250. The summed E-state index contributed by atoms with van der Waals surface area (Å²) in [6.07, 6.45) is 0.194. The molecule has 0 aliphatic carbocycles. The molecule has 0 spiro atoms. The largest absolute Gasteiger partial charge is 0.480 e. The fourth-order valence-electron chi connectivity index (χ4n) is 2.73. The molecule has 0 aromatic heterocycles. The minimum Gasteiger partial charge on any atom is -0.480 e. The van der Waals surface area contributed by atoms with Crippen LogP contribution < -0.4 is 10.9 Å². The Kier molecular flexibility index (Phi) is 8.19. The summed E-state index contributed by atoms with van der Waals surface area (Å²) in [4.78, 5) is 35.2. The summed E-state index contributed by atoms with van der Waals surface area (Å²) in [5.41, 5.74) is 6.96. The SMILES string of the molecule is O=C(CS)c1ccccc1C[C@H](NN[C@@H](Cc1ccccc1)C(=O)O)C(=O)O. The van der Waals surface area contributed by atoms with Gasteiger partial charge in [0, 0.05) is 12.0 Å². The Morgan fingerprint density at radius 2 is 1.36 bits per heavy atom. The van der Waals surface area contributed by atoms with Crippen LogP contribution in [0.5, 0.6) is 0 Å². The predicted molar refractivity (Wildman–Crippen MR) is 108 cm³/mol. The molecule has 0 heterocycles. The van der Waals surface area contributed by atoms with E-state index in [0.29, 0.717) is 11.1 Å². The number of Topliss-reactive ketones (excluding diaryl/α,β-unsaturated/α-hetero) is 1. The maximum Gasteiger partial charge on any atom is 0.322 e. The molecule has 0 fully saturated rings. The molecule has 7 nitrogen and oxygen atoms in total. The molecule has 2 atom stereocenters. The van der Waals surface area contributed by atoms with Crippen molar-refractivity contribution in [2.24, 2.45) is 0 Å². The highest BCUT2D eigenvalue weighted by atomic mass is 32.1. The van der Waals surface area contributed by atoms with Gasteiger partial charge in [-0.15, -0.1) is 0 Å². The van der Waals surface area contributed by atoms with Crippen molar-refractivity contribution in [1.29, 1.82) is 0 Å². The van der Waals surface area contributed by atoms with Gasteiger partial charge >= 0.3 is 11.9 Å². The molecule has 2 aromatic rings. The molecule has 8 heteroatoms. The third-order valence-corrected chi connectivity index (χ3v) is 4.48. The van der Waals surface area contributed by atoms with Crippen LogP contribution in [0.25, 0.3) is 0 Å². The van der Waals surface area contributed by atoms with Gasteiger partial charge < -0.3 is 10.2 Å². The zero-order chi connectivity index (χ0) is 20.5. The summed E-state index contributed by atoms with van der Waals surface area (Å²) < 4.78 is 0. The lowest BCUT2D eigenvalue weighted by Crippen LogP contribution is -2.54. The lowest BCUT2D eigenvalue weighted by atomic mass is 9.98. The second-order valence-corrected chi connectivity index (χ2v) is 6.52. The molecule has 0 bridgehead atoms. The molecule has 0 aliphatic heterocycles. The molecule has 4 N–H and O–H groups in total. The highest BCUT2D eigenvalue weighted by molar-refractivity contribution is 7.81. The summed E-state index contributed by atoms with van der Waals surface area (Å²) >= 11 is 3.98. The average molecular weight is 402 g/mol. The monoisotopic (exact) mass is 402 g/mol. The molecular weight excluding hydrogens is 380 g/mol. The molecule has 148 valence electrons. The number of hydrogen-bond acceptors (Lipinski definition) is 6. The smallest absolute Gasteiger partial charge is 0.322 e. The van der Waals surface area contributed by atoms with Crippen LogP contribution in [0.4, 0.5) is 0 Å². The van der Waals surface area contributed by atoms with Gasteiger partial charge in [0.2, 0.25) is 0 Å². The predicted octanol–water partition coefficient (Wildman–Crippen LogP) is 1.58. The van der Waals surface area contributed by atoms with Crippen molar-refractivity contribution in [3.05, 3.63) is 71.3 Å². The third kappa shape index (κ3) is 6.19. The van der Waals surface area contributed by atoms with E-state index >= 15 is 0 Å². The minimum atomic E-state index is -1.16. The normalized spacial score (nSPS) is 12.9. The van der Waals surface area contributed by atoms with E-state index in [9.17, 15) is 24.6 Å². The second-order valence-electron chi connectivity index (χ2n) is 6.20. The molecular formula is C20H22N2O5S. The number of carbonyl (C=O) groups is 3. The number of hydrogen-bond donors (Lipinski definition) is 5. The summed E-state index contributed by atoms with van der Waals surface area (Å²) in [7, 11) is 0. The van der Waals surface area contributed by atoms with E-state index in [-0.39, 0.29) is 24.4 Å². The standard InChI is InChI=1S/C20H22N2O5S/c23-18(12-28)15-9-5-4-8-14(15)11-17(20(26)27)22-21-16(19(24)25)10-13-6-2-1-3-7-13/h1-9,16-17,21-22,28H,10-12H2,(H,24,25)(H,26,27)/t16-,17-/m0/s1. The summed E-state index contributed by atoms with van der Waals surface area (Å²) in [5, 5.41) is 18.9. The fourth-order valence-corrected chi connectivity index (χ4v) is 2.90. The van der Waals surface area contributed by atoms with Gasteiger partial charge in [-0.25, -0.2) is 10.9 Å². The molecule has 0 unspecified atom stereocenters. The van der Waals surface area contributed by atoms with Gasteiger partial charge in [0.05, 0.1) is 5.75 Å². The Bertz CT molecular complexity index is 828. The lowest BCUT2D eigenvalue weighted by molar-refractivity contribution is -0.143. The van der Waals surface area contributed by atoms with Gasteiger partial charge in [0.15, 0.2) is 5.78 Å². The Balaban J connectivity index is 2.09. The molecule has 0 saturated carbocycles. The summed E-state index contributed by atoms with van der Waals surface area (Å²) in [6, 6.07) is 13.6. The summed E-state index contributed by atoms with van der Waals surface area (Å²) in [5.74, 6) is -2.46. The first-order chi connectivity index (χ1) is 13.4. The number of aliphatic carboxylic acids is 2. The molecule has 0 saturated heterocycles. The van der Waals surface area contributed by atoms with Gasteiger partial charge in [-0.2, -0.15) is 12.6 Å². The molecule has 0 radical (unpaired) electrons. The Hall–Kier alpha value is -2.68. The quantitative estimate of drug-likeness (QED) is 0.220. The zero-order valence-corrected chi connectivity index (χ0v) is 15.9. The highest BCUT2D eigenvalue weighted by Crippen LogP contribution is 2.13. The van der Waals surface area contributed by atoms with Crippen LogP contribution in [0.15, 0.2) is 54.6 Å². The maximum atomic E-state index is 12.0. The van der Waals surface area contributed by atoms with Gasteiger partial charge in [-0.05, 0) is 17.5 Å². The number of ketones is 1. The first-order valence-electron chi connectivity index (χ1n) is 8.65. The zero-order valence-electron chi connectivity index (χ0n) is 15.0. The first kappa shape index (κ1) is 21.6. The van der Waals surface area contributed by atoms with E-state index in [1.54, 1.807) is 48.5 Å². The molecule has 2 rings (SSSR count). The van der Waals surface area contributed by atoms with Gasteiger partial charge in [-0.3, -0.25) is 14.4 Å². The third-order valence-electron chi connectivity index (χ3n) is 4.20. The van der Waals surface area contributed by atoms with E-state index in [4.69, 9.17) is 0 Å². The Labute approximate surface area is 168 Å². The van der Waals surface area contributed by atoms with Crippen LogP contribution in [-0.4, -0.2) is 45.8 Å². The van der Waals surface area contributed by atoms with Crippen molar-refractivity contribution in [3.63, 3.8) is 0 Å². The van der Waals surface area contributed by atoms with Crippen LogP contribution in [0.3, 0.4) is 0 Å². The second kappa shape index (κ2) is 10.6. The van der Waals surface area contributed by atoms with Gasteiger partial charge in [0.25, 0.3) is 0 Å². The average Bonchev–Trinajstić information content (AvgIpc) is 2.70. The van der Waals surface area contributed by atoms with E-state index in [1.807, 2.05) is 6.07 Å². The van der Waals surface area contributed by atoms with Crippen LogP contribution in [0.2, 0.25) is 0 Å². The van der Waals surface area contributed by atoms with E-state index < -0.39 is 24.0 Å². The lowest BCUT2D eigenvalue weighted by Gasteiger charge is -2.21. The topological polar surface area (TPSA) is 116 Å². The van der Waals surface area contributed by atoms with Crippen molar-refractivity contribution < 1.29 is 24.6 Å². The number of carbonyl (C=O) groups excluding carboxylic acids is 1. The molecule has 0 aliphatic rings. The van der Waals surface area contributed by atoms with E-state index in [0.717, 1.165) is 5.56 Å². The van der Waals surface area contributed by atoms with Crippen LogP contribution >= 0.6 is 12.6 Å². The molecule has 2 aromatic carbocycles. The van der Waals surface area contributed by atoms with Crippen molar-refractivity contribution in [1.82, 2.24) is 10.9 Å².